The molecule has 7 nitrogen and oxygen atoms in total. The van der Waals surface area contributed by atoms with Gasteiger partial charge in [-0.2, -0.15) is 4.31 Å². The third-order valence-electron chi connectivity index (χ3n) is 5.79. The topological polar surface area (TPSA) is 88.6 Å². The van der Waals surface area contributed by atoms with E-state index in [9.17, 15) is 22.0 Å². The third kappa shape index (κ3) is 6.26. The molecule has 2 heterocycles. The Morgan fingerprint density at radius 1 is 1.18 bits per heavy atom. The van der Waals surface area contributed by atoms with Crippen LogP contribution in [0.4, 0.5) is 8.78 Å². The number of para-hydroxylation sites is 1. The van der Waals surface area contributed by atoms with Gasteiger partial charge in [0.15, 0.2) is 17.4 Å². The molecule has 1 fully saturated rings. The molecule has 33 heavy (non-hydrogen) atoms. The largest absolute Gasteiger partial charge is 0.488 e. The SMILES string of the molecule is CC(C)(CCCOc1c(F)cccc1F)C(=O)NC1CCN(S(=O)(=O)c2cccnc2)CC1. The van der Waals surface area contributed by atoms with Gasteiger partial charge in [0.25, 0.3) is 0 Å². The first kappa shape index (κ1) is 25.0. The lowest BCUT2D eigenvalue weighted by molar-refractivity contribution is -0.130. The number of aromatic nitrogens is 1. The molecule has 0 atom stereocenters. The molecule has 3 rings (SSSR count). The van der Waals surface area contributed by atoms with E-state index in [-0.39, 0.29) is 23.5 Å². The molecule has 0 saturated carbocycles. The number of nitrogens with zero attached hydrogens (tertiary/aromatic N) is 2. The summed E-state index contributed by atoms with van der Waals surface area (Å²) in [5, 5.41) is 3.01. The van der Waals surface area contributed by atoms with Crippen LogP contribution in [0.1, 0.15) is 39.5 Å². The molecule has 0 radical (unpaired) electrons. The highest BCUT2D eigenvalue weighted by molar-refractivity contribution is 7.89. The average Bonchev–Trinajstić information content (AvgIpc) is 2.79. The van der Waals surface area contributed by atoms with Gasteiger partial charge in [0.2, 0.25) is 15.9 Å². The van der Waals surface area contributed by atoms with E-state index in [1.807, 2.05) is 0 Å². The molecule has 1 N–H and O–H groups in total. The molecule has 1 aliphatic heterocycles. The second-order valence-corrected chi connectivity index (χ2v) is 10.7. The molecule has 0 aliphatic carbocycles. The second kappa shape index (κ2) is 10.6. The van der Waals surface area contributed by atoms with Crippen LogP contribution >= 0.6 is 0 Å². The van der Waals surface area contributed by atoms with Gasteiger partial charge in [-0.3, -0.25) is 9.78 Å². The van der Waals surface area contributed by atoms with Crippen LogP contribution in [0.15, 0.2) is 47.6 Å². The summed E-state index contributed by atoms with van der Waals surface area (Å²) in [4.78, 5) is 16.8. The number of hydrogen-bond acceptors (Lipinski definition) is 5. The summed E-state index contributed by atoms with van der Waals surface area (Å²) in [6.45, 7) is 4.30. The normalized spacial score (nSPS) is 15.9. The minimum absolute atomic E-state index is 0.0825. The number of amides is 1. The Kier molecular flexibility index (Phi) is 8.01. The van der Waals surface area contributed by atoms with E-state index in [2.05, 4.69) is 10.3 Å². The Morgan fingerprint density at radius 3 is 2.45 bits per heavy atom. The molecule has 1 aliphatic rings. The number of carbonyl (C=O) groups is 1. The molecular weight excluding hydrogens is 452 g/mol. The first-order valence-corrected chi connectivity index (χ1v) is 12.3. The quantitative estimate of drug-likeness (QED) is 0.554. The lowest BCUT2D eigenvalue weighted by Gasteiger charge is -2.33. The Hall–Kier alpha value is -2.59. The van der Waals surface area contributed by atoms with Crippen molar-refractivity contribution in [3.8, 4) is 5.75 Å². The molecule has 0 unspecified atom stereocenters. The number of sulfonamides is 1. The van der Waals surface area contributed by atoms with Crippen LogP contribution in [0.2, 0.25) is 0 Å². The molecule has 0 spiro atoms. The average molecular weight is 482 g/mol. The van der Waals surface area contributed by atoms with Gasteiger partial charge in [-0.25, -0.2) is 17.2 Å². The second-order valence-electron chi connectivity index (χ2n) is 8.73. The summed E-state index contributed by atoms with van der Waals surface area (Å²) in [5.74, 6) is -2.08. The molecular formula is C23H29F2N3O4S. The molecule has 1 aromatic heterocycles. The smallest absolute Gasteiger partial charge is 0.244 e. The summed E-state index contributed by atoms with van der Waals surface area (Å²) >= 11 is 0. The number of rotatable bonds is 9. The van der Waals surface area contributed by atoms with Gasteiger partial charge in [-0.15, -0.1) is 0 Å². The minimum atomic E-state index is -3.60. The monoisotopic (exact) mass is 481 g/mol. The maximum Gasteiger partial charge on any atom is 0.244 e. The van der Waals surface area contributed by atoms with Crippen LogP contribution in [-0.4, -0.2) is 49.4 Å². The highest BCUT2D eigenvalue weighted by Gasteiger charge is 2.33. The van der Waals surface area contributed by atoms with Gasteiger partial charge in [-0.1, -0.05) is 19.9 Å². The van der Waals surface area contributed by atoms with E-state index < -0.39 is 32.8 Å². The molecule has 10 heteroatoms. The minimum Gasteiger partial charge on any atom is -0.488 e. The zero-order chi connectivity index (χ0) is 24.1. The fraction of sp³-hybridized carbons (Fsp3) is 0.478. The van der Waals surface area contributed by atoms with Crippen molar-refractivity contribution in [1.29, 1.82) is 0 Å². The summed E-state index contributed by atoms with van der Waals surface area (Å²) in [5.41, 5.74) is -0.712. The fourth-order valence-electron chi connectivity index (χ4n) is 3.69. The van der Waals surface area contributed by atoms with Crippen molar-refractivity contribution in [1.82, 2.24) is 14.6 Å². The van der Waals surface area contributed by atoms with Crippen molar-refractivity contribution in [2.24, 2.45) is 5.41 Å². The van der Waals surface area contributed by atoms with Crippen molar-refractivity contribution < 1.29 is 26.7 Å². The maximum atomic E-state index is 13.6. The number of nitrogens with one attached hydrogen (secondary N) is 1. The molecule has 2 aromatic rings. The predicted molar refractivity (Wildman–Crippen MR) is 119 cm³/mol. The highest BCUT2D eigenvalue weighted by Crippen LogP contribution is 2.26. The number of pyridine rings is 1. The van der Waals surface area contributed by atoms with Gasteiger partial charge in [0, 0.05) is 36.9 Å². The zero-order valence-electron chi connectivity index (χ0n) is 18.8. The van der Waals surface area contributed by atoms with Gasteiger partial charge in [-0.05, 0) is 49.9 Å². The summed E-state index contributed by atoms with van der Waals surface area (Å²) < 4.78 is 59.3. The van der Waals surface area contributed by atoms with E-state index in [1.165, 1.54) is 28.8 Å². The Morgan fingerprint density at radius 2 is 1.85 bits per heavy atom. The Labute approximate surface area is 193 Å². The molecule has 1 aromatic carbocycles. The highest BCUT2D eigenvalue weighted by atomic mass is 32.2. The fourth-order valence-corrected chi connectivity index (χ4v) is 5.13. The number of benzene rings is 1. The summed E-state index contributed by atoms with van der Waals surface area (Å²) in [7, 11) is -3.60. The van der Waals surface area contributed by atoms with Crippen molar-refractivity contribution in [3.63, 3.8) is 0 Å². The van der Waals surface area contributed by atoms with Gasteiger partial charge >= 0.3 is 0 Å². The van der Waals surface area contributed by atoms with Gasteiger partial charge in [0.1, 0.15) is 4.90 Å². The standard InChI is InChI=1S/C23H29F2N3O4S/c1-23(2,11-5-15-32-21-19(24)7-3-8-20(21)25)22(29)27-17-9-13-28(14-10-17)33(30,31)18-6-4-12-26-16-18/h3-4,6-8,12,16-17H,5,9-11,13-15H2,1-2H3,(H,27,29). The Bertz CT molecular complexity index is 1040. The van der Waals surface area contributed by atoms with E-state index >= 15 is 0 Å². The first-order chi connectivity index (χ1) is 15.6. The Balaban J connectivity index is 1.45. The van der Waals surface area contributed by atoms with Gasteiger partial charge in [0.05, 0.1) is 6.61 Å². The van der Waals surface area contributed by atoms with Crippen molar-refractivity contribution >= 4 is 15.9 Å². The third-order valence-corrected chi connectivity index (χ3v) is 7.67. The van der Waals surface area contributed by atoms with Crippen molar-refractivity contribution in [2.45, 2.75) is 50.5 Å². The van der Waals surface area contributed by atoms with Crippen LogP contribution in [0, 0.1) is 17.0 Å². The van der Waals surface area contributed by atoms with Crippen LogP contribution in [0.5, 0.6) is 5.75 Å². The number of piperidine rings is 1. The van der Waals surface area contributed by atoms with Gasteiger partial charge < -0.3 is 10.1 Å². The lowest BCUT2D eigenvalue weighted by Crippen LogP contribution is -2.49. The number of carbonyl (C=O) groups excluding carboxylic acids is 1. The lowest BCUT2D eigenvalue weighted by atomic mass is 9.86. The van der Waals surface area contributed by atoms with E-state index in [0.29, 0.717) is 38.8 Å². The number of hydrogen-bond donors (Lipinski definition) is 1. The molecule has 1 saturated heterocycles. The zero-order valence-corrected chi connectivity index (χ0v) is 19.6. The van der Waals surface area contributed by atoms with Crippen LogP contribution < -0.4 is 10.1 Å². The number of ether oxygens (including phenoxy) is 1. The molecule has 180 valence electrons. The van der Waals surface area contributed by atoms with Crippen LogP contribution in [0.3, 0.4) is 0 Å². The van der Waals surface area contributed by atoms with E-state index in [1.54, 1.807) is 19.9 Å². The van der Waals surface area contributed by atoms with Crippen molar-refractivity contribution in [3.05, 3.63) is 54.4 Å². The van der Waals surface area contributed by atoms with Crippen molar-refractivity contribution in [2.75, 3.05) is 19.7 Å². The number of halogens is 2. The maximum absolute atomic E-state index is 13.6. The predicted octanol–water partition coefficient (Wildman–Crippen LogP) is 3.51. The van der Waals surface area contributed by atoms with E-state index in [4.69, 9.17) is 4.74 Å². The molecule has 0 bridgehead atoms. The summed E-state index contributed by atoms with van der Waals surface area (Å²) in [6, 6.07) is 6.50. The van der Waals surface area contributed by atoms with E-state index in [0.717, 1.165) is 12.1 Å². The first-order valence-electron chi connectivity index (χ1n) is 10.9. The summed E-state index contributed by atoms with van der Waals surface area (Å²) in [6.07, 6.45) is 4.77. The van der Waals surface area contributed by atoms with Crippen LogP contribution in [-0.2, 0) is 14.8 Å². The van der Waals surface area contributed by atoms with Crippen LogP contribution in [0.25, 0.3) is 0 Å². The molecule has 1 amide bonds.